The van der Waals surface area contributed by atoms with Gasteiger partial charge in [0, 0.05) is 12.1 Å². The highest BCUT2D eigenvalue weighted by atomic mass is 14.9. The number of rotatable bonds is 6. The van der Waals surface area contributed by atoms with Crippen molar-refractivity contribution in [3.63, 3.8) is 0 Å². The SMILES string of the molecule is CCCCc1ccc(C(C)NC2CCCC2)cc1. The molecule has 1 nitrogen and oxygen atoms in total. The molecule has 1 aliphatic rings. The van der Waals surface area contributed by atoms with Crippen LogP contribution in [0.3, 0.4) is 0 Å². The molecule has 1 N–H and O–H groups in total. The van der Waals surface area contributed by atoms with Crippen LogP contribution in [-0.2, 0) is 6.42 Å². The van der Waals surface area contributed by atoms with Gasteiger partial charge in [0.2, 0.25) is 0 Å². The van der Waals surface area contributed by atoms with Gasteiger partial charge in [-0.15, -0.1) is 0 Å². The average Bonchev–Trinajstić information content (AvgIpc) is 2.89. The Labute approximate surface area is 112 Å². The number of unbranched alkanes of at least 4 members (excludes halogenated alkanes) is 1. The molecule has 100 valence electrons. The lowest BCUT2D eigenvalue weighted by molar-refractivity contribution is 0.461. The summed E-state index contributed by atoms with van der Waals surface area (Å²) in [6.45, 7) is 4.54. The summed E-state index contributed by atoms with van der Waals surface area (Å²) in [6.07, 6.45) is 9.33. The Morgan fingerprint density at radius 3 is 2.44 bits per heavy atom. The van der Waals surface area contributed by atoms with Crippen molar-refractivity contribution in [3.8, 4) is 0 Å². The Kier molecular flexibility index (Phi) is 5.25. The second kappa shape index (κ2) is 6.94. The molecule has 0 heterocycles. The van der Waals surface area contributed by atoms with Gasteiger partial charge in [-0.25, -0.2) is 0 Å². The molecule has 0 aromatic heterocycles. The van der Waals surface area contributed by atoms with Gasteiger partial charge in [-0.3, -0.25) is 0 Å². The molecule has 18 heavy (non-hydrogen) atoms. The van der Waals surface area contributed by atoms with Crippen molar-refractivity contribution >= 4 is 0 Å². The van der Waals surface area contributed by atoms with Gasteiger partial charge in [0.25, 0.3) is 0 Å². The smallest absolute Gasteiger partial charge is 0.0294 e. The van der Waals surface area contributed by atoms with E-state index in [1.807, 2.05) is 0 Å². The molecule has 1 heteroatoms. The maximum atomic E-state index is 3.76. The number of aryl methyl sites for hydroxylation is 1. The van der Waals surface area contributed by atoms with Crippen LogP contribution in [0.25, 0.3) is 0 Å². The molecule has 0 radical (unpaired) electrons. The minimum Gasteiger partial charge on any atom is -0.307 e. The van der Waals surface area contributed by atoms with Crippen LogP contribution in [0.15, 0.2) is 24.3 Å². The molecule has 1 aliphatic carbocycles. The number of benzene rings is 1. The lowest BCUT2D eigenvalue weighted by Crippen LogP contribution is -2.28. The van der Waals surface area contributed by atoms with Crippen molar-refractivity contribution < 1.29 is 0 Å². The predicted molar refractivity (Wildman–Crippen MR) is 78.9 cm³/mol. The molecule has 1 aromatic carbocycles. The Bertz CT molecular complexity index is 335. The molecule has 1 atom stereocenters. The highest BCUT2D eigenvalue weighted by Crippen LogP contribution is 2.22. The van der Waals surface area contributed by atoms with Crippen molar-refractivity contribution in [1.29, 1.82) is 0 Å². The maximum Gasteiger partial charge on any atom is 0.0294 e. The fourth-order valence-corrected chi connectivity index (χ4v) is 2.90. The summed E-state index contributed by atoms with van der Waals surface area (Å²) < 4.78 is 0. The average molecular weight is 245 g/mol. The molecule has 1 fully saturated rings. The van der Waals surface area contributed by atoms with E-state index >= 15 is 0 Å². The summed E-state index contributed by atoms with van der Waals surface area (Å²) in [5, 5.41) is 3.76. The minimum atomic E-state index is 0.494. The molecule has 0 spiro atoms. The zero-order valence-corrected chi connectivity index (χ0v) is 11.9. The van der Waals surface area contributed by atoms with Crippen molar-refractivity contribution in [2.75, 3.05) is 0 Å². The number of hydrogen-bond donors (Lipinski definition) is 1. The van der Waals surface area contributed by atoms with Crippen LogP contribution in [0, 0.1) is 0 Å². The van der Waals surface area contributed by atoms with Gasteiger partial charge in [0.15, 0.2) is 0 Å². The lowest BCUT2D eigenvalue weighted by atomic mass is 10.0. The highest BCUT2D eigenvalue weighted by Gasteiger charge is 2.17. The van der Waals surface area contributed by atoms with Crippen LogP contribution >= 0.6 is 0 Å². The standard InChI is InChI=1S/C17H27N/c1-3-4-7-15-10-12-16(13-11-15)14(2)18-17-8-5-6-9-17/h10-14,17-18H,3-9H2,1-2H3. The highest BCUT2D eigenvalue weighted by molar-refractivity contribution is 5.25. The fraction of sp³-hybridized carbons (Fsp3) is 0.647. The number of nitrogens with one attached hydrogen (secondary N) is 1. The Morgan fingerprint density at radius 2 is 1.83 bits per heavy atom. The Hall–Kier alpha value is -0.820. The van der Waals surface area contributed by atoms with Crippen LogP contribution in [-0.4, -0.2) is 6.04 Å². The third-order valence-electron chi connectivity index (χ3n) is 4.14. The van der Waals surface area contributed by atoms with E-state index in [1.54, 1.807) is 0 Å². The zero-order chi connectivity index (χ0) is 12.8. The number of hydrogen-bond acceptors (Lipinski definition) is 1. The topological polar surface area (TPSA) is 12.0 Å². The van der Waals surface area contributed by atoms with E-state index in [4.69, 9.17) is 0 Å². The van der Waals surface area contributed by atoms with Crippen LogP contribution in [0.2, 0.25) is 0 Å². The van der Waals surface area contributed by atoms with Crippen LogP contribution in [0.4, 0.5) is 0 Å². The fourth-order valence-electron chi connectivity index (χ4n) is 2.90. The summed E-state index contributed by atoms with van der Waals surface area (Å²) in [7, 11) is 0. The molecule has 1 saturated carbocycles. The summed E-state index contributed by atoms with van der Waals surface area (Å²) in [6, 6.07) is 10.5. The molecular weight excluding hydrogens is 218 g/mol. The van der Waals surface area contributed by atoms with E-state index in [2.05, 4.69) is 43.4 Å². The summed E-state index contributed by atoms with van der Waals surface area (Å²) >= 11 is 0. The minimum absolute atomic E-state index is 0.494. The summed E-state index contributed by atoms with van der Waals surface area (Å²) in [5.41, 5.74) is 2.91. The van der Waals surface area contributed by atoms with Crippen molar-refractivity contribution in [1.82, 2.24) is 5.32 Å². The van der Waals surface area contributed by atoms with E-state index < -0.39 is 0 Å². The third kappa shape index (κ3) is 3.84. The molecule has 1 aromatic rings. The van der Waals surface area contributed by atoms with Gasteiger partial charge in [-0.1, -0.05) is 50.5 Å². The third-order valence-corrected chi connectivity index (χ3v) is 4.14. The van der Waals surface area contributed by atoms with Crippen molar-refractivity contribution in [3.05, 3.63) is 35.4 Å². The molecule has 1 unspecified atom stereocenters. The van der Waals surface area contributed by atoms with E-state index in [0.29, 0.717) is 6.04 Å². The first-order chi connectivity index (χ1) is 8.79. The molecular formula is C17H27N. The molecule has 0 bridgehead atoms. The first-order valence-electron chi connectivity index (χ1n) is 7.64. The van der Waals surface area contributed by atoms with Gasteiger partial charge in [0.05, 0.1) is 0 Å². The quantitative estimate of drug-likeness (QED) is 0.771. The van der Waals surface area contributed by atoms with Gasteiger partial charge >= 0.3 is 0 Å². The first-order valence-corrected chi connectivity index (χ1v) is 7.64. The van der Waals surface area contributed by atoms with Crippen molar-refractivity contribution in [2.45, 2.75) is 70.9 Å². The van der Waals surface area contributed by atoms with E-state index in [9.17, 15) is 0 Å². The maximum absolute atomic E-state index is 3.76. The van der Waals surface area contributed by atoms with Gasteiger partial charge in [-0.05, 0) is 43.7 Å². The molecule has 0 saturated heterocycles. The molecule has 2 rings (SSSR count). The summed E-state index contributed by atoms with van der Waals surface area (Å²) in [5.74, 6) is 0. The van der Waals surface area contributed by atoms with Crippen LogP contribution < -0.4 is 5.32 Å². The zero-order valence-electron chi connectivity index (χ0n) is 11.9. The molecule has 0 aliphatic heterocycles. The monoisotopic (exact) mass is 245 g/mol. The Balaban J connectivity index is 1.87. The van der Waals surface area contributed by atoms with E-state index in [1.165, 1.54) is 56.1 Å². The van der Waals surface area contributed by atoms with Crippen LogP contribution in [0.1, 0.15) is 69.5 Å². The normalized spacial score (nSPS) is 18.1. The predicted octanol–water partition coefficient (Wildman–Crippen LogP) is 4.62. The van der Waals surface area contributed by atoms with E-state index in [0.717, 1.165) is 6.04 Å². The van der Waals surface area contributed by atoms with E-state index in [-0.39, 0.29) is 0 Å². The van der Waals surface area contributed by atoms with Gasteiger partial charge < -0.3 is 5.32 Å². The van der Waals surface area contributed by atoms with Crippen LogP contribution in [0.5, 0.6) is 0 Å². The van der Waals surface area contributed by atoms with Gasteiger partial charge in [0.1, 0.15) is 0 Å². The lowest BCUT2D eigenvalue weighted by Gasteiger charge is -2.19. The van der Waals surface area contributed by atoms with Gasteiger partial charge in [-0.2, -0.15) is 0 Å². The van der Waals surface area contributed by atoms with Crippen molar-refractivity contribution in [2.24, 2.45) is 0 Å². The Morgan fingerprint density at radius 1 is 1.17 bits per heavy atom. The second-order valence-corrected chi connectivity index (χ2v) is 5.71. The first kappa shape index (κ1) is 13.6. The second-order valence-electron chi connectivity index (χ2n) is 5.71. The summed E-state index contributed by atoms with van der Waals surface area (Å²) in [4.78, 5) is 0. The largest absolute Gasteiger partial charge is 0.307 e. The molecule has 0 amide bonds.